The van der Waals surface area contributed by atoms with E-state index < -0.39 is 5.41 Å². The molecule has 100 valence electrons. The molecule has 6 heteroatoms. The Bertz CT molecular complexity index is 764. The van der Waals surface area contributed by atoms with Gasteiger partial charge < -0.3 is 10.6 Å². The highest BCUT2D eigenvalue weighted by Gasteiger charge is 2.53. The van der Waals surface area contributed by atoms with Crippen LogP contribution in [0.3, 0.4) is 0 Å². The zero-order chi connectivity index (χ0) is 13.9. The summed E-state index contributed by atoms with van der Waals surface area (Å²) in [5, 5.41) is 12.3. The number of hydrogen-bond donors (Lipinski definition) is 3. The molecule has 0 aliphatic carbocycles. The summed E-state index contributed by atoms with van der Waals surface area (Å²) in [4.78, 5) is 24.6. The van der Waals surface area contributed by atoms with Gasteiger partial charge in [-0.3, -0.25) is 14.7 Å². The van der Waals surface area contributed by atoms with E-state index in [4.69, 9.17) is 0 Å². The molecule has 1 aromatic carbocycles. The molecule has 1 aromatic heterocycles. The summed E-state index contributed by atoms with van der Waals surface area (Å²) in [7, 11) is 0. The number of amides is 2. The monoisotopic (exact) mass is 268 g/mol. The first kappa shape index (κ1) is 11.2. The molecular formula is C14H12N4O2. The summed E-state index contributed by atoms with van der Waals surface area (Å²) < 4.78 is 0. The van der Waals surface area contributed by atoms with Crippen molar-refractivity contribution in [2.24, 2.45) is 0 Å². The minimum atomic E-state index is -0.966. The van der Waals surface area contributed by atoms with Crippen LogP contribution >= 0.6 is 0 Å². The van der Waals surface area contributed by atoms with Gasteiger partial charge in [0, 0.05) is 17.7 Å². The van der Waals surface area contributed by atoms with Crippen molar-refractivity contribution in [1.29, 1.82) is 0 Å². The lowest BCUT2D eigenvalue weighted by atomic mass is 9.71. The van der Waals surface area contributed by atoms with E-state index in [2.05, 4.69) is 20.8 Å². The quantitative estimate of drug-likeness (QED) is 0.673. The molecule has 2 aliphatic rings. The number of H-pyrrole nitrogens is 1. The first-order chi connectivity index (χ1) is 9.63. The number of hydrogen-bond acceptors (Lipinski definition) is 3. The molecule has 0 radical (unpaired) electrons. The average Bonchev–Trinajstić information content (AvgIpc) is 2.97. The predicted molar refractivity (Wildman–Crippen MR) is 72.4 cm³/mol. The van der Waals surface area contributed by atoms with E-state index in [9.17, 15) is 9.59 Å². The molecule has 0 saturated heterocycles. The zero-order valence-electron chi connectivity index (χ0n) is 10.8. The van der Waals surface area contributed by atoms with E-state index in [1.54, 1.807) is 6.20 Å². The van der Waals surface area contributed by atoms with Crippen LogP contribution in [-0.4, -0.2) is 22.0 Å². The Morgan fingerprint density at radius 1 is 1.20 bits per heavy atom. The number of fused-ring (bicyclic) bond motifs is 4. The van der Waals surface area contributed by atoms with Crippen molar-refractivity contribution >= 4 is 23.3 Å². The van der Waals surface area contributed by atoms with Gasteiger partial charge in [-0.1, -0.05) is 18.2 Å². The minimum Gasteiger partial charge on any atom is -0.324 e. The molecule has 2 aliphatic heterocycles. The molecule has 3 N–H and O–H groups in total. The lowest BCUT2D eigenvalue weighted by Gasteiger charge is -2.30. The number of benzene rings is 1. The highest BCUT2D eigenvalue weighted by Crippen LogP contribution is 2.49. The molecule has 20 heavy (non-hydrogen) atoms. The molecule has 1 atom stereocenters. The first-order valence-electron chi connectivity index (χ1n) is 6.38. The number of carbonyl (C=O) groups excluding carboxylic acids is 2. The van der Waals surface area contributed by atoms with Gasteiger partial charge in [-0.2, -0.15) is 5.10 Å². The Morgan fingerprint density at radius 2 is 2.05 bits per heavy atom. The van der Waals surface area contributed by atoms with Crippen molar-refractivity contribution in [1.82, 2.24) is 10.2 Å². The third kappa shape index (κ3) is 1.16. The summed E-state index contributed by atoms with van der Waals surface area (Å²) in [5.41, 5.74) is 2.40. The third-order valence-electron chi connectivity index (χ3n) is 4.15. The van der Waals surface area contributed by atoms with Gasteiger partial charge in [0.15, 0.2) is 0 Å². The van der Waals surface area contributed by atoms with Crippen molar-refractivity contribution in [3.8, 4) is 0 Å². The second kappa shape index (κ2) is 3.47. The van der Waals surface area contributed by atoms with Crippen molar-refractivity contribution in [2.75, 3.05) is 10.6 Å². The normalized spacial score (nSPS) is 23.2. The molecule has 2 amide bonds. The standard InChI is InChI=1S/C14H12N4O2/c1-7-3-2-4-8-11(7)17-13(20)14(8)5-10(19)16-12-9(14)6-15-18-12/h2-4,6H,5H2,1H3,(H,17,20)(H2,15,16,18,19)/t14-/m1/s1. The third-order valence-corrected chi connectivity index (χ3v) is 4.15. The number of aromatic amines is 1. The number of rotatable bonds is 0. The molecule has 0 fully saturated rings. The van der Waals surface area contributed by atoms with E-state index in [1.165, 1.54) is 0 Å². The second-order valence-corrected chi connectivity index (χ2v) is 5.24. The fraction of sp³-hybridized carbons (Fsp3) is 0.214. The Hall–Kier alpha value is -2.63. The molecule has 0 unspecified atom stereocenters. The van der Waals surface area contributed by atoms with E-state index in [1.807, 2.05) is 25.1 Å². The maximum absolute atomic E-state index is 12.6. The number of nitrogens with one attached hydrogen (secondary N) is 3. The highest BCUT2D eigenvalue weighted by atomic mass is 16.2. The number of carbonyl (C=O) groups is 2. The molecule has 4 rings (SSSR count). The smallest absolute Gasteiger partial charge is 0.240 e. The predicted octanol–water partition coefficient (Wildman–Crippen LogP) is 1.30. The van der Waals surface area contributed by atoms with E-state index in [-0.39, 0.29) is 18.2 Å². The number of anilines is 2. The first-order valence-corrected chi connectivity index (χ1v) is 6.38. The maximum atomic E-state index is 12.6. The maximum Gasteiger partial charge on any atom is 0.240 e. The van der Waals surface area contributed by atoms with Gasteiger partial charge in [-0.05, 0) is 18.1 Å². The van der Waals surface area contributed by atoms with Gasteiger partial charge in [0.05, 0.1) is 6.20 Å². The van der Waals surface area contributed by atoms with Crippen molar-refractivity contribution < 1.29 is 9.59 Å². The molecule has 1 spiro atoms. The van der Waals surface area contributed by atoms with Crippen LogP contribution in [0.4, 0.5) is 11.5 Å². The summed E-state index contributed by atoms with van der Waals surface area (Å²) in [5.74, 6) is 0.149. The Balaban J connectivity index is 2.06. The minimum absolute atomic E-state index is 0.0990. The molecular weight excluding hydrogens is 256 g/mol. The summed E-state index contributed by atoms with van der Waals surface area (Å²) in [6, 6.07) is 5.75. The van der Waals surface area contributed by atoms with Crippen LogP contribution in [0, 0.1) is 6.92 Å². The van der Waals surface area contributed by atoms with E-state index >= 15 is 0 Å². The number of para-hydroxylation sites is 1. The molecule has 2 aromatic rings. The van der Waals surface area contributed by atoms with Gasteiger partial charge in [0.25, 0.3) is 0 Å². The van der Waals surface area contributed by atoms with Crippen LogP contribution < -0.4 is 10.6 Å². The topological polar surface area (TPSA) is 86.9 Å². The number of nitrogens with zero attached hydrogens (tertiary/aromatic N) is 1. The van der Waals surface area contributed by atoms with Gasteiger partial charge >= 0.3 is 0 Å². The van der Waals surface area contributed by atoms with Gasteiger partial charge in [-0.25, -0.2) is 0 Å². The van der Waals surface area contributed by atoms with Crippen molar-refractivity contribution in [2.45, 2.75) is 18.8 Å². The number of aromatic nitrogens is 2. The van der Waals surface area contributed by atoms with Gasteiger partial charge in [0.2, 0.25) is 11.8 Å². The van der Waals surface area contributed by atoms with Crippen LogP contribution in [0.2, 0.25) is 0 Å². The fourth-order valence-corrected chi connectivity index (χ4v) is 3.20. The Kier molecular flexibility index (Phi) is 1.95. The van der Waals surface area contributed by atoms with Gasteiger partial charge in [-0.15, -0.1) is 0 Å². The summed E-state index contributed by atoms with van der Waals surface area (Å²) >= 11 is 0. The SMILES string of the molecule is Cc1cccc2c1NC(=O)[C@]21CC(=O)Nc2[nH]ncc21. The highest BCUT2D eigenvalue weighted by molar-refractivity contribution is 6.14. The van der Waals surface area contributed by atoms with Crippen LogP contribution in [0.5, 0.6) is 0 Å². The largest absolute Gasteiger partial charge is 0.324 e. The van der Waals surface area contributed by atoms with Crippen LogP contribution in [0.15, 0.2) is 24.4 Å². The van der Waals surface area contributed by atoms with Crippen LogP contribution in [0.25, 0.3) is 0 Å². The van der Waals surface area contributed by atoms with Crippen LogP contribution in [0.1, 0.15) is 23.1 Å². The summed E-state index contributed by atoms with van der Waals surface area (Å²) in [6.45, 7) is 1.94. The average molecular weight is 268 g/mol. The Labute approximate surface area is 114 Å². The molecule has 3 heterocycles. The lowest BCUT2D eigenvalue weighted by Crippen LogP contribution is -2.43. The molecule has 0 bridgehead atoms. The van der Waals surface area contributed by atoms with Gasteiger partial charge in [0.1, 0.15) is 11.2 Å². The van der Waals surface area contributed by atoms with E-state index in [0.29, 0.717) is 5.82 Å². The zero-order valence-corrected chi connectivity index (χ0v) is 10.8. The molecule has 0 saturated carbocycles. The molecule has 6 nitrogen and oxygen atoms in total. The number of aryl methyl sites for hydroxylation is 1. The fourth-order valence-electron chi connectivity index (χ4n) is 3.20. The Morgan fingerprint density at radius 3 is 2.90 bits per heavy atom. The van der Waals surface area contributed by atoms with Crippen molar-refractivity contribution in [3.05, 3.63) is 41.1 Å². The summed E-state index contributed by atoms with van der Waals surface area (Å²) in [6.07, 6.45) is 1.72. The lowest BCUT2D eigenvalue weighted by molar-refractivity contribution is -0.125. The van der Waals surface area contributed by atoms with Crippen molar-refractivity contribution in [3.63, 3.8) is 0 Å². The van der Waals surface area contributed by atoms with E-state index in [0.717, 1.165) is 22.4 Å². The van der Waals surface area contributed by atoms with Crippen LogP contribution in [-0.2, 0) is 15.0 Å². The second-order valence-electron chi connectivity index (χ2n) is 5.24.